The average molecular weight is 263 g/mol. The highest BCUT2D eigenvalue weighted by Gasteiger charge is 2.21. The van der Waals surface area contributed by atoms with Crippen LogP contribution in [-0.4, -0.2) is 18.9 Å². The van der Waals surface area contributed by atoms with Gasteiger partial charge in [0.15, 0.2) is 6.79 Å². The molecule has 0 aromatic heterocycles. The second-order valence-electron chi connectivity index (χ2n) is 6.29. The first-order chi connectivity index (χ1) is 9.04. The van der Waals surface area contributed by atoms with E-state index in [0.29, 0.717) is 6.79 Å². The van der Waals surface area contributed by atoms with E-state index in [0.717, 1.165) is 24.8 Å². The van der Waals surface area contributed by atoms with Crippen LogP contribution in [0.1, 0.15) is 39.2 Å². The molecule has 1 fully saturated rings. The lowest BCUT2D eigenvalue weighted by molar-refractivity contribution is 0.00938. The van der Waals surface area contributed by atoms with Gasteiger partial charge in [0, 0.05) is 17.6 Å². The van der Waals surface area contributed by atoms with E-state index in [9.17, 15) is 0 Å². The number of rotatable bonds is 7. The van der Waals surface area contributed by atoms with Crippen molar-refractivity contribution in [3.63, 3.8) is 0 Å². The van der Waals surface area contributed by atoms with Gasteiger partial charge in [-0.3, -0.25) is 0 Å². The lowest BCUT2D eigenvalue weighted by atomic mass is 10.1. The molecule has 19 heavy (non-hydrogen) atoms. The number of nitrogens with one attached hydrogen (secondary N) is 1. The van der Waals surface area contributed by atoms with Crippen LogP contribution in [-0.2, 0) is 11.3 Å². The SMILES string of the molecule is CC(C)(C)NCc1ccccc1OCOCC1CC1. The predicted octanol–water partition coefficient (Wildman–Crippen LogP) is 3.34. The molecule has 1 aromatic rings. The van der Waals surface area contributed by atoms with E-state index in [-0.39, 0.29) is 5.54 Å². The maximum atomic E-state index is 5.72. The summed E-state index contributed by atoms with van der Waals surface area (Å²) in [5, 5.41) is 3.48. The van der Waals surface area contributed by atoms with Crippen LogP contribution in [0.25, 0.3) is 0 Å². The highest BCUT2D eigenvalue weighted by molar-refractivity contribution is 5.33. The van der Waals surface area contributed by atoms with E-state index >= 15 is 0 Å². The number of para-hydroxylation sites is 1. The molecule has 1 saturated carbocycles. The lowest BCUT2D eigenvalue weighted by Gasteiger charge is -2.21. The summed E-state index contributed by atoms with van der Waals surface area (Å²) < 4.78 is 11.2. The minimum atomic E-state index is 0.107. The van der Waals surface area contributed by atoms with Gasteiger partial charge < -0.3 is 14.8 Å². The van der Waals surface area contributed by atoms with Crippen molar-refractivity contribution in [2.24, 2.45) is 5.92 Å². The molecule has 1 N–H and O–H groups in total. The van der Waals surface area contributed by atoms with E-state index < -0.39 is 0 Å². The fraction of sp³-hybridized carbons (Fsp3) is 0.625. The predicted molar refractivity (Wildman–Crippen MR) is 77.2 cm³/mol. The topological polar surface area (TPSA) is 30.5 Å². The Bertz CT molecular complexity index is 394. The van der Waals surface area contributed by atoms with Gasteiger partial charge in [0.25, 0.3) is 0 Å². The van der Waals surface area contributed by atoms with Gasteiger partial charge in [0.05, 0.1) is 6.61 Å². The van der Waals surface area contributed by atoms with Crippen molar-refractivity contribution in [2.45, 2.75) is 45.7 Å². The molecule has 2 rings (SSSR count). The minimum Gasteiger partial charge on any atom is -0.467 e. The zero-order valence-corrected chi connectivity index (χ0v) is 12.2. The van der Waals surface area contributed by atoms with Gasteiger partial charge in [-0.15, -0.1) is 0 Å². The Kier molecular flexibility index (Phi) is 4.83. The molecule has 0 bridgehead atoms. The first-order valence-corrected chi connectivity index (χ1v) is 7.08. The monoisotopic (exact) mass is 263 g/mol. The molecule has 0 unspecified atom stereocenters. The van der Waals surface area contributed by atoms with Crippen molar-refractivity contribution < 1.29 is 9.47 Å². The Hall–Kier alpha value is -1.06. The van der Waals surface area contributed by atoms with Crippen molar-refractivity contribution in [1.82, 2.24) is 5.32 Å². The van der Waals surface area contributed by atoms with Gasteiger partial charge in [-0.1, -0.05) is 18.2 Å². The zero-order valence-electron chi connectivity index (χ0n) is 12.2. The molecule has 0 saturated heterocycles. The average Bonchev–Trinajstić information content (AvgIpc) is 3.16. The largest absolute Gasteiger partial charge is 0.467 e. The van der Waals surface area contributed by atoms with Crippen LogP contribution < -0.4 is 10.1 Å². The van der Waals surface area contributed by atoms with E-state index in [4.69, 9.17) is 9.47 Å². The highest BCUT2D eigenvalue weighted by atomic mass is 16.7. The van der Waals surface area contributed by atoms with Crippen LogP contribution in [0.15, 0.2) is 24.3 Å². The summed E-state index contributed by atoms with van der Waals surface area (Å²) in [6.45, 7) is 8.48. The smallest absolute Gasteiger partial charge is 0.189 e. The summed E-state index contributed by atoms with van der Waals surface area (Å²) in [4.78, 5) is 0. The van der Waals surface area contributed by atoms with Crippen LogP contribution in [0.3, 0.4) is 0 Å². The van der Waals surface area contributed by atoms with Crippen LogP contribution in [0.2, 0.25) is 0 Å². The third-order valence-electron chi connectivity index (χ3n) is 3.13. The second-order valence-corrected chi connectivity index (χ2v) is 6.29. The van der Waals surface area contributed by atoms with Crippen LogP contribution in [0.5, 0.6) is 5.75 Å². The summed E-state index contributed by atoms with van der Waals surface area (Å²) in [7, 11) is 0. The molecule has 0 amide bonds. The highest BCUT2D eigenvalue weighted by Crippen LogP contribution is 2.28. The third-order valence-corrected chi connectivity index (χ3v) is 3.13. The Morgan fingerprint density at radius 2 is 1.95 bits per heavy atom. The maximum Gasteiger partial charge on any atom is 0.189 e. The molecule has 0 radical (unpaired) electrons. The molecule has 0 aliphatic heterocycles. The summed E-state index contributed by atoms with van der Waals surface area (Å²) in [6, 6.07) is 8.13. The molecule has 1 aromatic carbocycles. The quantitative estimate of drug-likeness (QED) is 0.604. The maximum absolute atomic E-state index is 5.72. The molecule has 1 aliphatic carbocycles. The zero-order chi connectivity index (χ0) is 13.7. The molecular weight excluding hydrogens is 238 g/mol. The Morgan fingerprint density at radius 1 is 1.21 bits per heavy atom. The molecule has 0 atom stereocenters. The van der Waals surface area contributed by atoms with Crippen molar-refractivity contribution in [3.8, 4) is 5.75 Å². The number of hydrogen-bond donors (Lipinski definition) is 1. The molecule has 0 heterocycles. The summed E-state index contributed by atoms with van der Waals surface area (Å²) in [6.07, 6.45) is 2.62. The van der Waals surface area contributed by atoms with Crippen molar-refractivity contribution >= 4 is 0 Å². The fourth-order valence-corrected chi connectivity index (χ4v) is 1.76. The summed E-state index contributed by atoms with van der Waals surface area (Å²) in [5.41, 5.74) is 1.28. The molecular formula is C16H25NO2. The van der Waals surface area contributed by atoms with Crippen molar-refractivity contribution in [3.05, 3.63) is 29.8 Å². The Balaban J connectivity index is 1.80. The molecule has 106 valence electrons. The number of hydrogen-bond acceptors (Lipinski definition) is 3. The van der Waals surface area contributed by atoms with Gasteiger partial charge in [-0.05, 0) is 45.6 Å². The Morgan fingerprint density at radius 3 is 2.63 bits per heavy atom. The van der Waals surface area contributed by atoms with E-state index in [1.807, 2.05) is 18.2 Å². The summed E-state index contributed by atoms with van der Waals surface area (Å²) in [5.74, 6) is 1.69. The van der Waals surface area contributed by atoms with Gasteiger partial charge in [0.2, 0.25) is 0 Å². The molecule has 0 spiro atoms. The second kappa shape index (κ2) is 6.40. The van der Waals surface area contributed by atoms with Crippen molar-refractivity contribution in [1.29, 1.82) is 0 Å². The van der Waals surface area contributed by atoms with E-state index in [2.05, 4.69) is 32.2 Å². The number of benzene rings is 1. The summed E-state index contributed by atoms with van der Waals surface area (Å²) >= 11 is 0. The first-order valence-electron chi connectivity index (χ1n) is 7.08. The van der Waals surface area contributed by atoms with E-state index in [1.54, 1.807) is 0 Å². The Labute approximate surface area is 116 Å². The van der Waals surface area contributed by atoms with Gasteiger partial charge in [-0.2, -0.15) is 0 Å². The third kappa shape index (κ3) is 5.62. The van der Waals surface area contributed by atoms with Crippen molar-refractivity contribution in [2.75, 3.05) is 13.4 Å². The van der Waals surface area contributed by atoms with Gasteiger partial charge >= 0.3 is 0 Å². The van der Waals surface area contributed by atoms with Crippen LogP contribution >= 0.6 is 0 Å². The standard InChI is InChI=1S/C16H25NO2/c1-16(2,3)17-10-14-6-4-5-7-15(14)19-12-18-11-13-8-9-13/h4-7,13,17H,8-12H2,1-3H3. The fourth-order valence-electron chi connectivity index (χ4n) is 1.76. The number of ether oxygens (including phenoxy) is 2. The minimum absolute atomic E-state index is 0.107. The molecule has 1 aliphatic rings. The van der Waals surface area contributed by atoms with Gasteiger partial charge in [-0.25, -0.2) is 0 Å². The first kappa shape index (κ1) is 14.4. The van der Waals surface area contributed by atoms with Crippen LogP contribution in [0.4, 0.5) is 0 Å². The van der Waals surface area contributed by atoms with Gasteiger partial charge in [0.1, 0.15) is 5.75 Å². The molecule has 3 nitrogen and oxygen atoms in total. The van der Waals surface area contributed by atoms with E-state index in [1.165, 1.54) is 18.4 Å². The normalized spacial score (nSPS) is 15.5. The molecule has 3 heteroatoms. The lowest BCUT2D eigenvalue weighted by Crippen LogP contribution is -2.35. The van der Waals surface area contributed by atoms with Crippen LogP contribution in [0, 0.1) is 5.92 Å².